The van der Waals surface area contributed by atoms with Crippen LogP contribution in [-0.4, -0.2) is 128 Å². The van der Waals surface area contributed by atoms with Crippen molar-refractivity contribution in [2.45, 2.75) is 180 Å². The van der Waals surface area contributed by atoms with Gasteiger partial charge in [-0.05, 0) is 117 Å². The van der Waals surface area contributed by atoms with Gasteiger partial charge in [0.25, 0.3) is 0 Å². The molecule has 12 nitrogen and oxygen atoms in total. The SMILES string of the molecule is CC(C)=CC/C=C(\C)[C@@H]1CC[C@@]2(C)[C@H]1[C@@H](O)C[C@H]1[C@]3(C)CC[C@@H](O[C@H]4O[C@@H](CO)[C@H](O)[C@@H](O)[C@@H]4O[C@H]4O[C@@H](CO)[C@H](O)[C@@H](O)[C@@H]4O)C(C)(C)[C@H]3CC[C@@]12C. The summed E-state index contributed by atoms with van der Waals surface area (Å²) in [6, 6.07) is 0. The fourth-order valence-electron chi connectivity index (χ4n) is 12.9. The molecule has 4 saturated carbocycles. The van der Waals surface area contributed by atoms with Crippen LogP contribution < -0.4 is 0 Å². The van der Waals surface area contributed by atoms with Gasteiger partial charge in [0.15, 0.2) is 12.6 Å². The molecule has 0 aromatic heterocycles. The van der Waals surface area contributed by atoms with Gasteiger partial charge in [0, 0.05) is 0 Å². The van der Waals surface area contributed by atoms with Crippen LogP contribution in [0.1, 0.15) is 107 Å². The van der Waals surface area contributed by atoms with E-state index in [0.717, 1.165) is 44.9 Å². The molecule has 310 valence electrons. The standard InChI is InChI=1S/C42H70O12/c1-21(2)10-9-11-22(3)23-12-16-42(8)30(23)24(45)18-28-40(6)15-14-29(39(4,5)27(40)13-17-41(28,42)7)53-38-36(34(49)32(47)26(20-44)52-38)54-37-35(50)33(48)31(46)25(19-43)51-37/h10-11,23-38,43-50H,9,12-20H2,1-8H3/b22-11+/t23-,24-,25-,26-,27+,28-,29+,30+,31-,32-,33+,34+,35-,36-,37+,38+,40+,41-,42-/m0/s1. The van der Waals surface area contributed by atoms with Crippen molar-refractivity contribution in [3.8, 4) is 0 Å². The molecule has 6 rings (SSSR count). The molecule has 6 aliphatic rings. The maximum atomic E-state index is 12.1. The first-order chi connectivity index (χ1) is 25.3. The van der Waals surface area contributed by atoms with E-state index in [9.17, 15) is 40.9 Å². The minimum atomic E-state index is -1.74. The topological polar surface area (TPSA) is 199 Å². The number of rotatable bonds is 9. The molecular weight excluding hydrogens is 696 g/mol. The summed E-state index contributed by atoms with van der Waals surface area (Å²) in [4.78, 5) is 0. The predicted octanol–water partition coefficient (Wildman–Crippen LogP) is 2.95. The molecule has 12 heteroatoms. The molecule has 0 amide bonds. The minimum Gasteiger partial charge on any atom is -0.394 e. The second-order valence-corrected chi connectivity index (χ2v) is 19.4. The van der Waals surface area contributed by atoms with Crippen LogP contribution >= 0.6 is 0 Å². The predicted molar refractivity (Wildman–Crippen MR) is 199 cm³/mol. The lowest BCUT2D eigenvalue weighted by Crippen LogP contribution is -2.67. The molecule has 2 aliphatic heterocycles. The van der Waals surface area contributed by atoms with Crippen molar-refractivity contribution in [1.29, 1.82) is 0 Å². The Bertz CT molecular complexity index is 1380. The summed E-state index contributed by atoms with van der Waals surface area (Å²) in [5.41, 5.74) is 2.29. The van der Waals surface area contributed by atoms with Crippen LogP contribution in [0.15, 0.2) is 23.3 Å². The third kappa shape index (κ3) is 6.89. The molecule has 0 unspecified atom stereocenters. The summed E-state index contributed by atoms with van der Waals surface area (Å²) in [6.45, 7) is 17.1. The van der Waals surface area contributed by atoms with Gasteiger partial charge >= 0.3 is 0 Å². The third-order valence-corrected chi connectivity index (χ3v) is 16.1. The van der Waals surface area contributed by atoms with Crippen LogP contribution in [0.25, 0.3) is 0 Å². The van der Waals surface area contributed by atoms with Crippen molar-refractivity contribution in [2.24, 2.45) is 45.3 Å². The molecule has 2 saturated heterocycles. The molecule has 8 N–H and O–H groups in total. The van der Waals surface area contributed by atoms with Gasteiger partial charge in [0.05, 0.1) is 25.4 Å². The Morgan fingerprint density at radius 3 is 1.91 bits per heavy atom. The van der Waals surface area contributed by atoms with E-state index in [1.54, 1.807) is 0 Å². The average molecular weight is 767 g/mol. The molecule has 54 heavy (non-hydrogen) atoms. The van der Waals surface area contributed by atoms with E-state index in [-0.39, 0.29) is 40.3 Å². The fraction of sp³-hybridized carbons (Fsp3) is 0.905. The van der Waals surface area contributed by atoms with Gasteiger partial charge in [-0.2, -0.15) is 0 Å². The van der Waals surface area contributed by atoms with E-state index in [1.807, 2.05) is 0 Å². The van der Waals surface area contributed by atoms with Gasteiger partial charge in [0.2, 0.25) is 0 Å². The molecule has 0 radical (unpaired) electrons. The highest BCUT2D eigenvalue weighted by atomic mass is 16.8. The minimum absolute atomic E-state index is 0.00171. The summed E-state index contributed by atoms with van der Waals surface area (Å²) in [6.07, 6.45) is -3.65. The Hall–Kier alpha value is -1.00. The summed E-state index contributed by atoms with van der Waals surface area (Å²) >= 11 is 0. The largest absolute Gasteiger partial charge is 0.394 e. The molecule has 0 aromatic carbocycles. The first-order valence-corrected chi connectivity index (χ1v) is 20.5. The van der Waals surface area contributed by atoms with E-state index in [1.165, 1.54) is 11.1 Å². The van der Waals surface area contributed by atoms with E-state index in [0.29, 0.717) is 18.3 Å². The Morgan fingerprint density at radius 1 is 0.667 bits per heavy atom. The molecule has 6 fully saturated rings. The van der Waals surface area contributed by atoms with Crippen molar-refractivity contribution in [3.05, 3.63) is 23.3 Å². The van der Waals surface area contributed by atoms with E-state index >= 15 is 0 Å². The number of fused-ring (bicyclic) bond motifs is 5. The smallest absolute Gasteiger partial charge is 0.187 e. The molecule has 2 heterocycles. The van der Waals surface area contributed by atoms with Crippen LogP contribution in [0.3, 0.4) is 0 Å². The second kappa shape index (κ2) is 15.6. The Balaban J connectivity index is 1.23. The highest BCUT2D eigenvalue weighted by Crippen LogP contribution is 2.75. The number of ether oxygens (including phenoxy) is 4. The molecule has 4 aliphatic carbocycles. The summed E-state index contributed by atoms with van der Waals surface area (Å²) in [5.74, 6) is 1.14. The summed E-state index contributed by atoms with van der Waals surface area (Å²) in [5, 5.41) is 85.4. The first kappa shape index (κ1) is 42.6. The zero-order valence-corrected chi connectivity index (χ0v) is 33.7. The van der Waals surface area contributed by atoms with Crippen LogP contribution in [0, 0.1) is 45.3 Å². The van der Waals surface area contributed by atoms with Crippen molar-refractivity contribution in [3.63, 3.8) is 0 Å². The quantitative estimate of drug-likeness (QED) is 0.126. The summed E-state index contributed by atoms with van der Waals surface area (Å²) < 4.78 is 24.4. The highest BCUT2D eigenvalue weighted by molar-refractivity contribution is 5.23. The van der Waals surface area contributed by atoms with E-state index in [4.69, 9.17) is 18.9 Å². The maximum Gasteiger partial charge on any atom is 0.187 e. The van der Waals surface area contributed by atoms with Gasteiger partial charge in [-0.15, -0.1) is 0 Å². The summed E-state index contributed by atoms with van der Waals surface area (Å²) in [7, 11) is 0. The molecular formula is C42H70O12. The number of hydrogen-bond donors (Lipinski definition) is 8. The van der Waals surface area contributed by atoms with Gasteiger partial charge in [-0.3, -0.25) is 0 Å². The lowest BCUT2D eigenvalue weighted by Gasteiger charge is -2.70. The lowest BCUT2D eigenvalue weighted by atomic mass is 9.35. The Morgan fingerprint density at radius 2 is 1.28 bits per heavy atom. The second-order valence-electron chi connectivity index (χ2n) is 19.4. The first-order valence-electron chi connectivity index (χ1n) is 20.5. The van der Waals surface area contributed by atoms with E-state index in [2.05, 4.69) is 67.5 Å². The molecule has 0 bridgehead atoms. The van der Waals surface area contributed by atoms with Gasteiger partial charge in [-0.25, -0.2) is 0 Å². The highest BCUT2D eigenvalue weighted by Gasteiger charge is 2.70. The Kier molecular flexibility index (Phi) is 12.3. The van der Waals surface area contributed by atoms with E-state index < -0.39 is 80.0 Å². The Labute approximate surface area is 321 Å². The normalized spacial score (nSPS) is 51.9. The van der Waals surface area contributed by atoms with Crippen LogP contribution in [0.2, 0.25) is 0 Å². The van der Waals surface area contributed by atoms with Crippen LogP contribution in [0.5, 0.6) is 0 Å². The van der Waals surface area contributed by atoms with Crippen molar-refractivity contribution < 1.29 is 59.8 Å². The van der Waals surface area contributed by atoms with Crippen molar-refractivity contribution in [1.82, 2.24) is 0 Å². The average Bonchev–Trinajstić information content (AvgIpc) is 3.49. The van der Waals surface area contributed by atoms with Crippen molar-refractivity contribution >= 4 is 0 Å². The van der Waals surface area contributed by atoms with Crippen LogP contribution in [0.4, 0.5) is 0 Å². The third-order valence-electron chi connectivity index (χ3n) is 16.1. The van der Waals surface area contributed by atoms with Gasteiger partial charge in [0.1, 0.15) is 48.8 Å². The van der Waals surface area contributed by atoms with Crippen LogP contribution in [-0.2, 0) is 18.9 Å². The zero-order chi connectivity index (χ0) is 39.7. The monoisotopic (exact) mass is 766 g/mol. The zero-order valence-electron chi connectivity index (χ0n) is 33.7. The fourth-order valence-corrected chi connectivity index (χ4v) is 12.9. The number of aliphatic hydroxyl groups excluding tert-OH is 8. The molecule has 0 aromatic rings. The number of hydrogen-bond acceptors (Lipinski definition) is 12. The molecule has 19 atom stereocenters. The molecule has 0 spiro atoms. The van der Waals surface area contributed by atoms with Gasteiger partial charge < -0.3 is 59.8 Å². The van der Waals surface area contributed by atoms with Gasteiger partial charge in [-0.1, -0.05) is 57.9 Å². The number of allylic oxidation sites excluding steroid dienone is 4. The number of aliphatic hydroxyl groups is 8. The van der Waals surface area contributed by atoms with Crippen molar-refractivity contribution in [2.75, 3.05) is 13.2 Å². The maximum absolute atomic E-state index is 12.1. The lowest BCUT2D eigenvalue weighted by molar-refractivity contribution is -0.378.